The largest absolute Gasteiger partial charge is 0.0654 e. The minimum absolute atomic E-state index is 1.19. The van der Waals surface area contributed by atoms with Gasteiger partial charge in [-0.15, -0.1) is 0 Å². The first-order chi connectivity index (χ1) is 21.4. The zero-order valence-corrected chi connectivity index (χ0v) is 27.4. The molecule has 0 fully saturated rings. The van der Waals surface area contributed by atoms with Crippen molar-refractivity contribution in [2.45, 2.75) is 148 Å². The molecule has 0 radical (unpaired) electrons. The summed E-state index contributed by atoms with van der Waals surface area (Å²) in [4.78, 5) is 0. The quantitative estimate of drug-likeness (QED) is 0.0438. The van der Waals surface area contributed by atoms with Gasteiger partial charge in [-0.25, -0.2) is 0 Å². The van der Waals surface area contributed by atoms with Crippen LogP contribution in [0.15, 0.2) is 66.7 Å². The average Bonchev–Trinajstić information content (AvgIpc) is 3.04. The third kappa shape index (κ3) is 8.74. The van der Waals surface area contributed by atoms with E-state index in [9.17, 15) is 0 Å². The molecule has 5 aromatic carbocycles. The van der Waals surface area contributed by atoms with Crippen LogP contribution in [0.2, 0.25) is 0 Å². The van der Waals surface area contributed by atoms with E-state index in [0.717, 1.165) is 0 Å². The highest BCUT2D eigenvalue weighted by Gasteiger charge is 2.15. The van der Waals surface area contributed by atoms with E-state index < -0.39 is 0 Å². The van der Waals surface area contributed by atoms with E-state index in [0.29, 0.717) is 0 Å². The van der Waals surface area contributed by atoms with Gasteiger partial charge in [0, 0.05) is 0 Å². The fourth-order valence-electron chi connectivity index (χ4n) is 7.68. The van der Waals surface area contributed by atoms with Gasteiger partial charge in [0.15, 0.2) is 0 Å². The van der Waals surface area contributed by atoms with Gasteiger partial charge in [-0.05, 0) is 61.5 Å². The Morgan fingerprint density at radius 1 is 0.326 bits per heavy atom. The summed E-state index contributed by atoms with van der Waals surface area (Å²) in [7, 11) is 0. The monoisotopic (exact) mass is 574 g/mol. The second kappa shape index (κ2) is 17.6. The van der Waals surface area contributed by atoms with Crippen LogP contribution in [0.3, 0.4) is 0 Å². The summed E-state index contributed by atoms with van der Waals surface area (Å²) in [5.41, 5.74) is 1.54. The standard InChI is InChI=1S/C43H58/c1-2-3-4-5-6-7-8-9-10-11-12-13-14-15-16-17-18-19-20-21-22-26-36-33-34-37-29-24-31-39-38-30-23-27-35-28-25-32-40(41(35)38)43(36)42(37)39/h23-25,27-34H,2-22,26H2,1H3. The molecular formula is C43H58. The van der Waals surface area contributed by atoms with E-state index in [2.05, 4.69) is 73.7 Å². The molecule has 0 saturated heterocycles. The van der Waals surface area contributed by atoms with Gasteiger partial charge >= 0.3 is 0 Å². The minimum Gasteiger partial charge on any atom is -0.0654 e. The van der Waals surface area contributed by atoms with Gasteiger partial charge in [-0.3, -0.25) is 0 Å². The van der Waals surface area contributed by atoms with Crippen LogP contribution in [-0.4, -0.2) is 0 Å². The number of hydrogen-bond acceptors (Lipinski definition) is 0. The molecule has 230 valence electrons. The average molecular weight is 575 g/mol. The van der Waals surface area contributed by atoms with Crippen LogP contribution in [0.4, 0.5) is 0 Å². The van der Waals surface area contributed by atoms with Crippen molar-refractivity contribution >= 4 is 43.1 Å². The Bertz CT molecular complexity index is 1490. The van der Waals surface area contributed by atoms with Crippen molar-refractivity contribution in [1.82, 2.24) is 0 Å². The van der Waals surface area contributed by atoms with Crippen molar-refractivity contribution in [3.05, 3.63) is 72.3 Å². The molecule has 0 spiro atoms. The zero-order chi connectivity index (χ0) is 29.5. The Labute approximate surface area is 263 Å². The molecule has 0 unspecified atom stereocenters. The van der Waals surface area contributed by atoms with E-state index in [1.54, 1.807) is 5.56 Å². The molecular weight excluding hydrogens is 516 g/mol. The van der Waals surface area contributed by atoms with Crippen molar-refractivity contribution in [3.8, 4) is 0 Å². The summed E-state index contributed by atoms with van der Waals surface area (Å²) in [6, 6.07) is 25.3. The number of aryl methyl sites for hydroxylation is 1. The van der Waals surface area contributed by atoms with Gasteiger partial charge in [0.25, 0.3) is 0 Å². The van der Waals surface area contributed by atoms with Gasteiger partial charge in [-0.2, -0.15) is 0 Å². The number of fused-ring (bicyclic) bond motifs is 2. The smallest absolute Gasteiger partial charge is 0.00236 e. The van der Waals surface area contributed by atoms with Crippen LogP contribution in [0, 0.1) is 0 Å². The van der Waals surface area contributed by atoms with Crippen LogP contribution in [-0.2, 0) is 6.42 Å². The van der Waals surface area contributed by atoms with Gasteiger partial charge in [0.1, 0.15) is 0 Å². The van der Waals surface area contributed by atoms with Crippen LogP contribution in [0.25, 0.3) is 43.1 Å². The first-order valence-electron chi connectivity index (χ1n) is 18.5. The third-order valence-electron chi connectivity index (χ3n) is 10.1. The Morgan fingerprint density at radius 2 is 0.721 bits per heavy atom. The Balaban J connectivity index is 0.946. The molecule has 0 saturated carbocycles. The fourth-order valence-corrected chi connectivity index (χ4v) is 7.68. The number of benzene rings is 5. The molecule has 5 rings (SSSR count). The van der Waals surface area contributed by atoms with Crippen molar-refractivity contribution in [3.63, 3.8) is 0 Å². The van der Waals surface area contributed by atoms with E-state index in [1.165, 1.54) is 184 Å². The maximum Gasteiger partial charge on any atom is -0.00236 e. The molecule has 0 heterocycles. The summed E-state index contributed by atoms with van der Waals surface area (Å²) < 4.78 is 0. The van der Waals surface area contributed by atoms with E-state index in [4.69, 9.17) is 0 Å². The maximum atomic E-state index is 2.42. The van der Waals surface area contributed by atoms with E-state index in [1.807, 2.05) is 0 Å². The lowest BCUT2D eigenvalue weighted by Crippen LogP contribution is -1.93. The van der Waals surface area contributed by atoms with Crippen molar-refractivity contribution < 1.29 is 0 Å². The summed E-state index contributed by atoms with van der Waals surface area (Å²) in [6.07, 6.45) is 31.4. The number of hydrogen-bond donors (Lipinski definition) is 0. The van der Waals surface area contributed by atoms with Crippen LogP contribution < -0.4 is 0 Å². The normalized spacial score (nSPS) is 12.0. The van der Waals surface area contributed by atoms with Gasteiger partial charge in [0.05, 0.1) is 0 Å². The Hall–Kier alpha value is -2.60. The number of unbranched alkanes of at least 4 members (excludes halogenated alkanes) is 20. The molecule has 0 nitrogen and oxygen atoms in total. The molecule has 0 N–H and O–H groups in total. The second-order valence-electron chi connectivity index (χ2n) is 13.5. The van der Waals surface area contributed by atoms with Gasteiger partial charge < -0.3 is 0 Å². The summed E-state index contributed by atoms with van der Waals surface area (Å²) in [6.45, 7) is 2.31. The van der Waals surface area contributed by atoms with Crippen LogP contribution in [0.5, 0.6) is 0 Å². The van der Waals surface area contributed by atoms with E-state index in [-0.39, 0.29) is 0 Å². The molecule has 0 bridgehead atoms. The molecule has 0 aliphatic rings. The SMILES string of the molecule is CCCCCCCCCCCCCCCCCCCCCCCc1ccc2cccc3c4cccc5cccc(c1c23)c54. The Kier molecular flexibility index (Phi) is 13.0. The van der Waals surface area contributed by atoms with Crippen LogP contribution >= 0.6 is 0 Å². The molecule has 5 aromatic rings. The molecule has 0 aromatic heterocycles. The number of rotatable bonds is 22. The molecule has 0 amide bonds. The first-order valence-corrected chi connectivity index (χ1v) is 18.5. The van der Waals surface area contributed by atoms with Crippen molar-refractivity contribution in [2.24, 2.45) is 0 Å². The maximum absolute atomic E-state index is 2.42. The fraction of sp³-hybridized carbons (Fsp3) is 0.535. The molecule has 0 atom stereocenters. The summed E-state index contributed by atoms with van der Waals surface area (Å²) in [5.74, 6) is 0. The van der Waals surface area contributed by atoms with Gasteiger partial charge in [0.2, 0.25) is 0 Å². The highest BCUT2D eigenvalue weighted by molar-refractivity contribution is 6.33. The van der Waals surface area contributed by atoms with Gasteiger partial charge in [-0.1, -0.05) is 202 Å². The summed E-state index contributed by atoms with van der Waals surface area (Å²) >= 11 is 0. The lowest BCUT2D eigenvalue weighted by atomic mass is 9.86. The predicted octanol–water partition coefficient (Wildman–Crippen LogP) is 14.5. The van der Waals surface area contributed by atoms with Crippen molar-refractivity contribution in [2.75, 3.05) is 0 Å². The zero-order valence-electron chi connectivity index (χ0n) is 27.4. The molecule has 0 heteroatoms. The molecule has 0 aliphatic carbocycles. The molecule has 0 aliphatic heterocycles. The highest BCUT2D eigenvalue weighted by Crippen LogP contribution is 2.41. The first kappa shape index (κ1) is 31.8. The molecule has 43 heavy (non-hydrogen) atoms. The second-order valence-corrected chi connectivity index (χ2v) is 13.5. The van der Waals surface area contributed by atoms with E-state index >= 15 is 0 Å². The summed E-state index contributed by atoms with van der Waals surface area (Å²) in [5, 5.41) is 11.4. The predicted molar refractivity (Wildman–Crippen MR) is 194 cm³/mol. The lowest BCUT2D eigenvalue weighted by Gasteiger charge is -2.17. The van der Waals surface area contributed by atoms with Crippen LogP contribution in [0.1, 0.15) is 147 Å². The Morgan fingerprint density at radius 3 is 1.21 bits per heavy atom. The lowest BCUT2D eigenvalue weighted by molar-refractivity contribution is 0.520. The topological polar surface area (TPSA) is 0 Å². The third-order valence-corrected chi connectivity index (χ3v) is 10.1. The highest BCUT2D eigenvalue weighted by atomic mass is 14.2. The van der Waals surface area contributed by atoms with Crippen molar-refractivity contribution in [1.29, 1.82) is 0 Å². The minimum atomic E-state index is 1.19.